The minimum absolute atomic E-state index is 0.228. The smallest absolute Gasteiger partial charge is 0.0662 e. The Morgan fingerprint density at radius 3 is 2.17 bits per heavy atom. The first-order valence-electron chi connectivity index (χ1n) is 4.85. The summed E-state index contributed by atoms with van der Waals surface area (Å²) in [7, 11) is 0. The highest BCUT2D eigenvalue weighted by molar-refractivity contribution is 4.93. The molecular formula is C10H21NO. The highest BCUT2D eigenvalue weighted by Crippen LogP contribution is 2.39. The Labute approximate surface area is 75.4 Å². The molecule has 12 heavy (non-hydrogen) atoms. The van der Waals surface area contributed by atoms with Crippen LogP contribution in [0, 0.1) is 5.41 Å². The Morgan fingerprint density at radius 2 is 1.83 bits per heavy atom. The minimum Gasteiger partial charge on any atom is -0.392 e. The van der Waals surface area contributed by atoms with Crippen molar-refractivity contribution in [3.63, 3.8) is 0 Å². The molecule has 0 radical (unpaired) electrons. The lowest BCUT2D eigenvalue weighted by atomic mass is 9.68. The Morgan fingerprint density at radius 1 is 1.33 bits per heavy atom. The molecule has 2 heteroatoms. The molecule has 0 heterocycles. The summed E-state index contributed by atoms with van der Waals surface area (Å²) in [6.07, 6.45) is 2.24. The Bertz CT molecular complexity index is 146. The van der Waals surface area contributed by atoms with Gasteiger partial charge in [-0.05, 0) is 32.1 Å². The van der Waals surface area contributed by atoms with Crippen molar-refractivity contribution in [2.45, 2.75) is 58.7 Å². The predicted molar refractivity (Wildman–Crippen MR) is 51.1 cm³/mol. The summed E-state index contributed by atoms with van der Waals surface area (Å²) < 4.78 is 0. The van der Waals surface area contributed by atoms with E-state index in [1.165, 1.54) is 12.8 Å². The summed E-state index contributed by atoms with van der Waals surface area (Å²) >= 11 is 0. The van der Waals surface area contributed by atoms with Gasteiger partial charge >= 0.3 is 0 Å². The molecule has 0 aromatic carbocycles. The van der Waals surface area contributed by atoms with Crippen molar-refractivity contribution in [2.24, 2.45) is 5.41 Å². The second-order valence-corrected chi connectivity index (χ2v) is 4.97. The number of aliphatic hydroxyl groups excluding tert-OH is 1. The maximum Gasteiger partial charge on any atom is 0.0662 e. The van der Waals surface area contributed by atoms with Crippen molar-refractivity contribution >= 4 is 0 Å². The van der Waals surface area contributed by atoms with E-state index in [0.29, 0.717) is 11.5 Å². The molecule has 0 aromatic rings. The van der Waals surface area contributed by atoms with E-state index in [4.69, 9.17) is 0 Å². The fourth-order valence-electron chi connectivity index (χ4n) is 1.90. The Hall–Kier alpha value is -0.0800. The third-order valence-corrected chi connectivity index (χ3v) is 2.82. The van der Waals surface area contributed by atoms with Gasteiger partial charge in [-0.3, -0.25) is 0 Å². The van der Waals surface area contributed by atoms with E-state index in [1.807, 2.05) is 13.8 Å². The number of aliphatic hydroxyl groups is 1. The molecular weight excluding hydrogens is 150 g/mol. The van der Waals surface area contributed by atoms with E-state index in [9.17, 15) is 5.11 Å². The van der Waals surface area contributed by atoms with Gasteiger partial charge in [-0.2, -0.15) is 0 Å². The fraction of sp³-hybridized carbons (Fsp3) is 1.00. The van der Waals surface area contributed by atoms with Gasteiger partial charge in [-0.25, -0.2) is 0 Å². The maximum absolute atomic E-state index is 9.26. The van der Waals surface area contributed by atoms with Crippen molar-refractivity contribution in [1.82, 2.24) is 5.32 Å². The van der Waals surface area contributed by atoms with Crippen LogP contribution in [0.4, 0.5) is 0 Å². The van der Waals surface area contributed by atoms with E-state index in [-0.39, 0.29) is 12.1 Å². The first kappa shape index (κ1) is 10.0. The van der Waals surface area contributed by atoms with Crippen molar-refractivity contribution in [2.75, 3.05) is 0 Å². The molecule has 0 spiro atoms. The SMILES string of the molecule is CC(O)C(C)NC1CC(C)(C)C1. The average Bonchev–Trinajstić information content (AvgIpc) is 1.83. The van der Waals surface area contributed by atoms with Crippen molar-refractivity contribution in [1.29, 1.82) is 0 Å². The normalized spacial score (nSPS) is 27.8. The summed E-state index contributed by atoms with van der Waals surface area (Å²) in [6.45, 7) is 8.45. The molecule has 2 atom stereocenters. The standard InChI is InChI=1S/C10H21NO/c1-7(8(2)12)11-9-5-10(3,4)6-9/h7-9,11-12H,5-6H2,1-4H3. The number of nitrogens with one attached hydrogen (secondary N) is 1. The van der Waals surface area contributed by atoms with Crippen LogP contribution in [0.3, 0.4) is 0 Å². The van der Waals surface area contributed by atoms with Gasteiger partial charge in [-0.15, -0.1) is 0 Å². The molecule has 0 amide bonds. The monoisotopic (exact) mass is 171 g/mol. The molecule has 1 aliphatic rings. The summed E-state index contributed by atoms with van der Waals surface area (Å²) in [4.78, 5) is 0. The number of hydrogen-bond acceptors (Lipinski definition) is 2. The van der Waals surface area contributed by atoms with E-state index in [1.54, 1.807) is 0 Å². The van der Waals surface area contributed by atoms with Crippen LogP contribution in [0.1, 0.15) is 40.5 Å². The topological polar surface area (TPSA) is 32.3 Å². The first-order chi connectivity index (χ1) is 5.41. The molecule has 1 rings (SSSR count). The lowest BCUT2D eigenvalue weighted by Crippen LogP contribution is -2.51. The van der Waals surface area contributed by atoms with Gasteiger partial charge in [0, 0.05) is 12.1 Å². The lowest BCUT2D eigenvalue weighted by Gasteiger charge is -2.44. The predicted octanol–water partition coefficient (Wildman–Crippen LogP) is 1.53. The number of hydrogen-bond donors (Lipinski definition) is 2. The molecule has 2 N–H and O–H groups in total. The van der Waals surface area contributed by atoms with Crippen LogP contribution in [0.25, 0.3) is 0 Å². The molecule has 0 aliphatic heterocycles. The van der Waals surface area contributed by atoms with Crippen LogP contribution < -0.4 is 5.32 Å². The zero-order valence-electron chi connectivity index (χ0n) is 8.59. The van der Waals surface area contributed by atoms with Gasteiger partial charge in [-0.1, -0.05) is 13.8 Å². The summed E-state index contributed by atoms with van der Waals surface area (Å²) in [5.74, 6) is 0. The molecule has 1 aliphatic carbocycles. The van der Waals surface area contributed by atoms with E-state index >= 15 is 0 Å². The van der Waals surface area contributed by atoms with Crippen LogP contribution in [-0.2, 0) is 0 Å². The Kier molecular flexibility index (Phi) is 2.79. The third-order valence-electron chi connectivity index (χ3n) is 2.82. The van der Waals surface area contributed by atoms with E-state index in [2.05, 4.69) is 19.2 Å². The average molecular weight is 171 g/mol. The first-order valence-corrected chi connectivity index (χ1v) is 4.85. The third kappa shape index (κ3) is 2.46. The molecule has 0 bridgehead atoms. The van der Waals surface area contributed by atoms with Crippen molar-refractivity contribution < 1.29 is 5.11 Å². The van der Waals surface area contributed by atoms with Crippen LogP contribution in [0.2, 0.25) is 0 Å². The fourth-order valence-corrected chi connectivity index (χ4v) is 1.90. The largest absolute Gasteiger partial charge is 0.392 e. The second kappa shape index (κ2) is 3.35. The highest BCUT2D eigenvalue weighted by atomic mass is 16.3. The lowest BCUT2D eigenvalue weighted by molar-refractivity contribution is 0.0839. The van der Waals surface area contributed by atoms with E-state index in [0.717, 1.165) is 0 Å². The van der Waals surface area contributed by atoms with Gasteiger partial charge in [0.25, 0.3) is 0 Å². The Balaban J connectivity index is 2.19. The quantitative estimate of drug-likeness (QED) is 0.675. The molecule has 1 saturated carbocycles. The molecule has 0 aromatic heterocycles. The number of rotatable bonds is 3. The summed E-state index contributed by atoms with van der Waals surface area (Å²) in [5, 5.41) is 12.7. The van der Waals surface area contributed by atoms with Crippen LogP contribution in [0.5, 0.6) is 0 Å². The molecule has 2 unspecified atom stereocenters. The molecule has 0 saturated heterocycles. The van der Waals surface area contributed by atoms with Crippen molar-refractivity contribution in [3.05, 3.63) is 0 Å². The van der Waals surface area contributed by atoms with Crippen LogP contribution in [0.15, 0.2) is 0 Å². The highest BCUT2D eigenvalue weighted by Gasteiger charge is 2.36. The molecule has 72 valence electrons. The molecule has 2 nitrogen and oxygen atoms in total. The van der Waals surface area contributed by atoms with Crippen molar-refractivity contribution in [3.8, 4) is 0 Å². The van der Waals surface area contributed by atoms with Crippen LogP contribution >= 0.6 is 0 Å². The van der Waals surface area contributed by atoms with E-state index < -0.39 is 0 Å². The zero-order valence-corrected chi connectivity index (χ0v) is 8.59. The van der Waals surface area contributed by atoms with Gasteiger partial charge < -0.3 is 10.4 Å². The minimum atomic E-state index is -0.242. The zero-order chi connectivity index (χ0) is 9.35. The summed E-state index contributed by atoms with van der Waals surface area (Å²) in [5.41, 5.74) is 0.524. The van der Waals surface area contributed by atoms with Gasteiger partial charge in [0.15, 0.2) is 0 Å². The molecule has 1 fully saturated rings. The maximum atomic E-state index is 9.26. The van der Waals surface area contributed by atoms with Gasteiger partial charge in [0.1, 0.15) is 0 Å². The van der Waals surface area contributed by atoms with Gasteiger partial charge in [0.2, 0.25) is 0 Å². The van der Waals surface area contributed by atoms with Crippen LogP contribution in [-0.4, -0.2) is 23.3 Å². The van der Waals surface area contributed by atoms with Gasteiger partial charge in [0.05, 0.1) is 6.10 Å². The summed E-state index contributed by atoms with van der Waals surface area (Å²) in [6, 6.07) is 0.857. The second-order valence-electron chi connectivity index (χ2n) is 4.97.